The summed E-state index contributed by atoms with van der Waals surface area (Å²) in [6, 6.07) is 0. The fraction of sp³-hybridized carbons (Fsp3) is 0.900. The van der Waals surface area contributed by atoms with Gasteiger partial charge in [-0.15, -0.1) is 0 Å². The molecule has 2 saturated heterocycles. The lowest BCUT2D eigenvalue weighted by Crippen LogP contribution is -2.41. The molecule has 2 atom stereocenters. The highest BCUT2D eigenvalue weighted by Gasteiger charge is 2.54. The molecule has 0 saturated carbocycles. The van der Waals surface area contributed by atoms with Crippen molar-refractivity contribution in [2.24, 2.45) is 11.3 Å². The van der Waals surface area contributed by atoms with Gasteiger partial charge in [0.2, 0.25) is 0 Å². The van der Waals surface area contributed by atoms with Gasteiger partial charge >= 0.3 is 5.97 Å². The number of nitrogens with zero attached hydrogens (tertiary/aromatic N) is 1. The molecule has 2 unspecified atom stereocenters. The molecule has 0 amide bonds. The number of fused-ring (bicyclic) bond motifs is 1. The van der Waals surface area contributed by atoms with Crippen molar-refractivity contribution in [3.63, 3.8) is 0 Å². The van der Waals surface area contributed by atoms with Gasteiger partial charge in [0.25, 0.3) is 0 Å². The third kappa shape index (κ3) is 1.33. The van der Waals surface area contributed by atoms with E-state index >= 15 is 0 Å². The summed E-state index contributed by atoms with van der Waals surface area (Å²) in [5.74, 6) is 0.422. The van der Waals surface area contributed by atoms with Gasteiger partial charge in [0.05, 0.1) is 12.0 Å². The Morgan fingerprint density at radius 2 is 2.50 bits per heavy atom. The van der Waals surface area contributed by atoms with Crippen LogP contribution < -0.4 is 5.32 Å². The molecule has 0 aromatic heterocycles. The Hall–Kier alpha value is -0.610. The normalized spacial score (nSPS) is 37.1. The van der Waals surface area contributed by atoms with Gasteiger partial charge in [0.1, 0.15) is 0 Å². The second-order valence-electron chi connectivity index (χ2n) is 4.40. The fourth-order valence-electron chi connectivity index (χ4n) is 2.73. The van der Waals surface area contributed by atoms with E-state index in [1.807, 2.05) is 6.92 Å². The first-order valence-electron chi connectivity index (χ1n) is 5.25. The number of rotatable bonds is 2. The van der Waals surface area contributed by atoms with Crippen molar-refractivity contribution < 1.29 is 9.53 Å². The Balaban J connectivity index is 2.15. The molecule has 0 bridgehead atoms. The molecule has 4 nitrogen and oxygen atoms in total. The summed E-state index contributed by atoms with van der Waals surface area (Å²) >= 11 is 0. The zero-order valence-electron chi connectivity index (χ0n) is 8.88. The van der Waals surface area contributed by atoms with Crippen LogP contribution in [0.1, 0.15) is 6.92 Å². The molecule has 2 aliphatic heterocycles. The Bertz CT molecular complexity index is 244. The topological polar surface area (TPSA) is 41.6 Å². The molecule has 80 valence electrons. The highest BCUT2D eigenvalue weighted by Crippen LogP contribution is 2.39. The average Bonchev–Trinajstić information content (AvgIpc) is 2.61. The van der Waals surface area contributed by atoms with E-state index in [4.69, 9.17) is 4.74 Å². The highest BCUT2D eigenvalue weighted by atomic mass is 16.5. The molecular weight excluding hydrogens is 180 g/mol. The van der Waals surface area contributed by atoms with Crippen molar-refractivity contribution in [2.45, 2.75) is 6.92 Å². The van der Waals surface area contributed by atoms with Crippen molar-refractivity contribution in [2.75, 3.05) is 39.8 Å². The van der Waals surface area contributed by atoms with Crippen molar-refractivity contribution in [1.82, 2.24) is 10.2 Å². The lowest BCUT2D eigenvalue weighted by Gasteiger charge is -2.24. The number of hydrogen-bond donors (Lipinski definition) is 1. The summed E-state index contributed by atoms with van der Waals surface area (Å²) in [7, 11) is 2.07. The van der Waals surface area contributed by atoms with Crippen LogP contribution in [0.3, 0.4) is 0 Å². The number of carbonyl (C=O) groups is 1. The highest BCUT2D eigenvalue weighted by molar-refractivity contribution is 5.79. The SMILES string of the molecule is CCOC(=O)C12CNCC1CN(C)C2. The summed E-state index contributed by atoms with van der Waals surface area (Å²) in [5.41, 5.74) is -0.259. The van der Waals surface area contributed by atoms with Crippen LogP contribution >= 0.6 is 0 Å². The largest absolute Gasteiger partial charge is 0.465 e. The standard InChI is InChI=1S/C10H18N2O2/c1-3-14-9(13)10-6-11-4-8(10)5-12(2)7-10/h8,11H,3-7H2,1-2H3. The minimum Gasteiger partial charge on any atom is -0.465 e. The van der Waals surface area contributed by atoms with Crippen LogP contribution in [0, 0.1) is 11.3 Å². The van der Waals surface area contributed by atoms with E-state index in [-0.39, 0.29) is 11.4 Å². The Morgan fingerprint density at radius 3 is 3.21 bits per heavy atom. The fourth-order valence-corrected chi connectivity index (χ4v) is 2.73. The zero-order valence-corrected chi connectivity index (χ0v) is 8.88. The lowest BCUT2D eigenvalue weighted by molar-refractivity contribution is -0.155. The molecule has 2 aliphatic rings. The number of esters is 1. The molecule has 2 rings (SSSR count). The van der Waals surface area contributed by atoms with E-state index in [2.05, 4.69) is 17.3 Å². The van der Waals surface area contributed by atoms with Crippen molar-refractivity contribution in [3.05, 3.63) is 0 Å². The monoisotopic (exact) mass is 198 g/mol. The third-order valence-corrected chi connectivity index (χ3v) is 3.38. The number of hydrogen-bond acceptors (Lipinski definition) is 4. The average molecular weight is 198 g/mol. The molecule has 2 fully saturated rings. The molecule has 0 aromatic rings. The summed E-state index contributed by atoms with van der Waals surface area (Å²) in [4.78, 5) is 14.1. The maximum atomic E-state index is 11.9. The predicted molar refractivity (Wildman–Crippen MR) is 52.9 cm³/mol. The minimum absolute atomic E-state index is 0.0145. The molecular formula is C10H18N2O2. The summed E-state index contributed by atoms with van der Waals surface area (Å²) in [5, 5.41) is 3.30. The van der Waals surface area contributed by atoms with Gasteiger partial charge in [-0.25, -0.2) is 0 Å². The van der Waals surface area contributed by atoms with Gasteiger partial charge in [0.15, 0.2) is 0 Å². The van der Waals surface area contributed by atoms with E-state index in [1.165, 1.54) is 0 Å². The number of ether oxygens (including phenoxy) is 1. The number of likely N-dealkylation sites (tertiary alicyclic amines) is 1. The maximum Gasteiger partial charge on any atom is 0.315 e. The van der Waals surface area contributed by atoms with Gasteiger partial charge in [-0.2, -0.15) is 0 Å². The number of carbonyl (C=O) groups excluding carboxylic acids is 1. The van der Waals surface area contributed by atoms with Crippen LogP contribution in [0.2, 0.25) is 0 Å². The van der Waals surface area contributed by atoms with Crippen LogP contribution in [0.25, 0.3) is 0 Å². The minimum atomic E-state index is -0.259. The second-order valence-corrected chi connectivity index (χ2v) is 4.40. The summed E-state index contributed by atoms with van der Waals surface area (Å²) in [6.45, 7) is 5.92. The van der Waals surface area contributed by atoms with Gasteiger partial charge in [0, 0.05) is 32.1 Å². The maximum absolute atomic E-state index is 11.9. The van der Waals surface area contributed by atoms with E-state index in [0.717, 1.165) is 26.2 Å². The van der Waals surface area contributed by atoms with Crippen LogP contribution in [-0.2, 0) is 9.53 Å². The first-order chi connectivity index (χ1) is 6.69. The molecule has 0 radical (unpaired) electrons. The van der Waals surface area contributed by atoms with E-state index in [0.29, 0.717) is 12.5 Å². The molecule has 2 heterocycles. The van der Waals surface area contributed by atoms with Crippen LogP contribution in [-0.4, -0.2) is 50.7 Å². The molecule has 1 N–H and O–H groups in total. The zero-order chi connectivity index (χ0) is 10.2. The van der Waals surface area contributed by atoms with Gasteiger partial charge < -0.3 is 15.0 Å². The molecule has 0 spiro atoms. The first kappa shape index (κ1) is 9.93. The van der Waals surface area contributed by atoms with Gasteiger partial charge in [-0.3, -0.25) is 4.79 Å². The number of nitrogens with one attached hydrogen (secondary N) is 1. The summed E-state index contributed by atoms with van der Waals surface area (Å²) < 4.78 is 5.17. The van der Waals surface area contributed by atoms with Crippen LogP contribution in [0.4, 0.5) is 0 Å². The van der Waals surface area contributed by atoms with Crippen LogP contribution in [0.5, 0.6) is 0 Å². The van der Waals surface area contributed by atoms with E-state index < -0.39 is 0 Å². The van der Waals surface area contributed by atoms with E-state index in [1.54, 1.807) is 0 Å². The first-order valence-corrected chi connectivity index (χ1v) is 5.25. The van der Waals surface area contributed by atoms with Gasteiger partial charge in [-0.1, -0.05) is 0 Å². The molecule has 0 aliphatic carbocycles. The summed E-state index contributed by atoms with van der Waals surface area (Å²) in [6.07, 6.45) is 0. The Labute approximate surface area is 84.6 Å². The van der Waals surface area contributed by atoms with Crippen LogP contribution in [0.15, 0.2) is 0 Å². The third-order valence-electron chi connectivity index (χ3n) is 3.38. The van der Waals surface area contributed by atoms with E-state index in [9.17, 15) is 4.79 Å². The van der Waals surface area contributed by atoms with Gasteiger partial charge in [-0.05, 0) is 14.0 Å². The Morgan fingerprint density at radius 1 is 1.71 bits per heavy atom. The Kier molecular flexibility index (Phi) is 2.49. The molecule has 0 aromatic carbocycles. The molecule has 4 heteroatoms. The smallest absolute Gasteiger partial charge is 0.315 e. The lowest BCUT2D eigenvalue weighted by atomic mass is 9.81. The second kappa shape index (κ2) is 3.51. The predicted octanol–water partition coefficient (Wildman–Crippen LogP) is -0.299. The van der Waals surface area contributed by atoms with Crippen molar-refractivity contribution in [1.29, 1.82) is 0 Å². The molecule has 14 heavy (non-hydrogen) atoms. The van der Waals surface area contributed by atoms with Crippen molar-refractivity contribution in [3.8, 4) is 0 Å². The quantitative estimate of drug-likeness (QED) is 0.619. The van der Waals surface area contributed by atoms with Crippen molar-refractivity contribution >= 4 is 5.97 Å².